The minimum Gasteiger partial charge on any atom is -0.497 e. The largest absolute Gasteiger partial charge is 0.497 e. The van der Waals surface area contributed by atoms with E-state index in [1.165, 1.54) is 5.56 Å². The SMILES string of the molecule is COc1ccc(CC2(CO)CCN(Cc3nc4ccccc4nc3C)CC2)cc1. The van der Waals surface area contributed by atoms with Gasteiger partial charge in [-0.3, -0.25) is 4.90 Å². The van der Waals surface area contributed by atoms with Crippen molar-refractivity contribution in [3.05, 3.63) is 65.5 Å². The molecule has 1 aromatic heterocycles. The highest BCUT2D eigenvalue weighted by Gasteiger charge is 2.34. The van der Waals surface area contributed by atoms with Gasteiger partial charge in [-0.1, -0.05) is 24.3 Å². The third kappa shape index (κ3) is 4.41. The third-order valence-corrected chi connectivity index (χ3v) is 6.21. The van der Waals surface area contributed by atoms with Gasteiger partial charge in [-0.2, -0.15) is 0 Å². The van der Waals surface area contributed by atoms with E-state index in [1.807, 2.05) is 43.3 Å². The van der Waals surface area contributed by atoms with E-state index in [0.29, 0.717) is 0 Å². The van der Waals surface area contributed by atoms with Gasteiger partial charge in [-0.05, 0) is 74.5 Å². The molecule has 2 heterocycles. The van der Waals surface area contributed by atoms with Crippen molar-refractivity contribution >= 4 is 11.0 Å². The van der Waals surface area contributed by atoms with Gasteiger partial charge in [0.2, 0.25) is 0 Å². The number of nitrogens with zero attached hydrogens (tertiary/aromatic N) is 3. The smallest absolute Gasteiger partial charge is 0.118 e. The molecule has 2 aromatic carbocycles. The van der Waals surface area contributed by atoms with E-state index in [2.05, 4.69) is 17.0 Å². The number of likely N-dealkylation sites (tertiary alicyclic amines) is 1. The minimum atomic E-state index is -0.0464. The quantitative estimate of drug-likeness (QED) is 0.693. The molecule has 1 aliphatic heterocycles. The molecule has 0 amide bonds. The van der Waals surface area contributed by atoms with Crippen molar-refractivity contribution in [3.63, 3.8) is 0 Å². The standard InChI is InChI=1S/C24H29N3O2/c1-18-23(26-22-6-4-3-5-21(22)25-18)16-27-13-11-24(17-28,12-14-27)15-19-7-9-20(29-2)10-8-19/h3-10,28H,11-17H2,1-2H3. The number of fused-ring (bicyclic) bond motifs is 1. The van der Waals surface area contributed by atoms with Crippen molar-refractivity contribution in [2.75, 3.05) is 26.8 Å². The molecule has 1 saturated heterocycles. The highest BCUT2D eigenvalue weighted by molar-refractivity contribution is 5.74. The topological polar surface area (TPSA) is 58.5 Å². The number of aliphatic hydroxyl groups excluding tert-OH is 1. The van der Waals surface area contributed by atoms with E-state index in [9.17, 15) is 5.11 Å². The molecule has 4 rings (SSSR count). The van der Waals surface area contributed by atoms with Crippen molar-refractivity contribution in [2.24, 2.45) is 5.41 Å². The van der Waals surface area contributed by atoms with Crippen LogP contribution in [0.1, 0.15) is 29.8 Å². The number of rotatable bonds is 6. The summed E-state index contributed by atoms with van der Waals surface area (Å²) in [5.74, 6) is 0.869. The summed E-state index contributed by atoms with van der Waals surface area (Å²) >= 11 is 0. The lowest BCUT2D eigenvalue weighted by Crippen LogP contribution is -2.43. The second kappa shape index (κ2) is 8.47. The maximum absolute atomic E-state index is 10.2. The monoisotopic (exact) mass is 391 g/mol. The zero-order chi connectivity index (χ0) is 20.3. The van der Waals surface area contributed by atoms with Crippen LogP contribution < -0.4 is 4.74 Å². The van der Waals surface area contributed by atoms with Crippen molar-refractivity contribution in [1.29, 1.82) is 0 Å². The molecule has 3 aromatic rings. The van der Waals surface area contributed by atoms with Gasteiger partial charge in [0.25, 0.3) is 0 Å². The maximum Gasteiger partial charge on any atom is 0.118 e. The first-order chi connectivity index (χ1) is 14.1. The van der Waals surface area contributed by atoms with Crippen LogP contribution in [-0.4, -0.2) is 46.8 Å². The molecule has 5 nitrogen and oxygen atoms in total. The van der Waals surface area contributed by atoms with Crippen LogP contribution in [0.25, 0.3) is 11.0 Å². The Labute approximate surface area is 172 Å². The Morgan fingerprint density at radius 3 is 2.28 bits per heavy atom. The molecular formula is C24H29N3O2. The Balaban J connectivity index is 1.41. The first-order valence-electron chi connectivity index (χ1n) is 10.3. The number of aliphatic hydroxyl groups is 1. The normalized spacial score (nSPS) is 16.8. The molecule has 0 saturated carbocycles. The van der Waals surface area contributed by atoms with Gasteiger partial charge in [0.15, 0.2) is 0 Å². The zero-order valence-electron chi connectivity index (χ0n) is 17.3. The number of para-hydroxylation sites is 2. The molecule has 0 aliphatic carbocycles. The first kappa shape index (κ1) is 19.8. The summed E-state index contributed by atoms with van der Waals surface area (Å²) in [6, 6.07) is 16.2. The second-order valence-corrected chi connectivity index (χ2v) is 8.20. The molecule has 0 radical (unpaired) electrons. The summed E-state index contributed by atoms with van der Waals surface area (Å²) in [6.45, 7) is 5.01. The Morgan fingerprint density at radius 2 is 1.66 bits per heavy atom. The van der Waals surface area contributed by atoms with Gasteiger partial charge in [-0.25, -0.2) is 9.97 Å². The Kier molecular flexibility index (Phi) is 5.79. The Morgan fingerprint density at radius 1 is 1.00 bits per heavy atom. The molecular weight excluding hydrogens is 362 g/mol. The minimum absolute atomic E-state index is 0.0464. The number of aryl methyl sites for hydroxylation is 1. The summed E-state index contributed by atoms with van der Waals surface area (Å²) in [6.07, 6.45) is 2.86. The molecule has 5 heteroatoms. The van der Waals surface area contributed by atoms with E-state index in [-0.39, 0.29) is 12.0 Å². The third-order valence-electron chi connectivity index (χ3n) is 6.21. The van der Waals surface area contributed by atoms with Crippen LogP contribution in [0.3, 0.4) is 0 Å². The molecule has 1 N–H and O–H groups in total. The zero-order valence-corrected chi connectivity index (χ0v) is 17.3. The fraction of sp³-hybridized carbons (Fsp3) is 0.417. The van der Waals surface area contributed by atoms with E-state index in [0.717, 1.165) is 67.1 Å². The van der Waals surface area contributed by atoms with Crippen molar-refractivity contribution in [1.82, 2.24) is 14.9 Å². The summed E-state index contributed by atoms with van der Waals surface area (Å²) in [5, 5.41) is 10.2. The van der Waals surface area contributed by atoms with Crippen molar-refractivity contribution < 1.29 is 9.84 Å². The lowest BCUT2D eigenvalue weighted by molar-refractivity contribution is 0.0408. The fourth-order valence-corrected chi connectivity index (χ4v) is 4.24. The number of piperidine rings is 1. The molecule has 0 spiro atoms. The second-order valence-electron chi connectivity index (χ2n) is 8.20. The molecule has 1 fully saturated rings. The van der Waals surface area contributed by atoms with Crippen molar-refractivity contribution in [2.45, 2.75) is 32.7 Å². The first-order valence-corrected chi connectivity index (χ1v) is 10.3. The van der Waals surface area contributed by atoms with Crippen molar-refractivity contribution in [3.8, 4) is 5.75 Å². The van der Waals surface area contributed by atoms with Gasteiger partial charge in [-0.15, -0.1) is 0 Å². The summed E-state index contributed by atoms with van der Waals surface area (Å²) in [7, 11) is 1.68. The van der Waals surface area contributed by atoms with Crippen LogP contribution in [0.15, 0.2) is 48.5 Å². The van der Waals surface area contributed by atoms with Crippen LogP contribution in [0.2, 0.25) is 0 Å². The number of benzene rings is 2. The van der Waals surface area contributed by atoms with Crippen LogP contribution in [0.4, 0.5) is 0 Å². The lowest BCUT2D eigenvalue weighted by Gasteiger charge is -2.41. The van der Waals surface area contributed by atoms with E-state index < -0.39 is 0 Å². The molecule has 0 bridgehead atoms. The Bertz CT molecular complexity index is 964. The summed E-state index contributed by atoms with van der Waals surface area (Å²) in [4.78, 5) is 12.0. The predicted molar refractivity (Wildman–Crippen MR) is 115 cm³/mol. The van der Waals surface area contributed by atoms with Crippen LogP contribution in [0.5, 0.6) is 5.75 Å². The maximum atomic E-state index is 10.2. The van der Waals surface area contributed by atoms with Gasteiger partial charge >= 0.3 is 0 Å². The van der Waals surface area contributed by atoms with E-state index in [1.54, 1.807) is 7.11 Å². The average molecular weight is 392 g/mol. The molecule has 152 valence electrons. The number of hydrogen-bond acceptors (Lipinski definition) is 5. The number of ether oxygens (including phenoxy) is 1. The van der Waals surface area contributed by atoms with Crippen LogP contribution >= 0.6 is 0 Å². The molecule has 0 unspecified atom stereocenters. The summed E-state index contributed by atoms with van der Waals surface area (Å²) in [5.41, 5.74) is 5.16. The molecule has 29 heavy (non-hydrogen) atoms. The number of aromatic nitrogens is 2. The van der Waals surface area contributed by atoms with Crippen LogP contribution in [-0.2, 0) is 13.0 Å². The highest BCUT2D eigenvalue weighted by atomic mass is 16.5. The number of hydrogen-bond donors (Lipinski definition) is 1. The van der Waals surface area contributed by atoms with Crippen LogP contribution in [0, 0.1) is 12.3 Å². The number of methoxy groups -OCH3 is 1. The molecule has 1 aliphatic rings. The van der Waals surface area contributed by atoms with E-state index >= 15 is 0 Å². The predicted octanol–water partition coefficient (Wildman–Crippen LogP) is 3.76. The van der Waals surface area contributed by atoms with Gasteiger partial charge in [0.1, 0.15) is 5.75 Å². The average Bonchev–Trinajstić information content (AvgIpc) is 2.76. The van der Waals surface area contributed by atoms with Gasteiger partial charge in [0, 0.05) is 13.2 Å². The fourth-order valence-electron chi connectivity index (χ4n) is 4.24. The molecule has 0 atom stereocenters. The summed E-state index contributed by atoms with van der Waals surface area (Å²) < 4.78 is 5.25. The van der Waals surface area contributed by atoms with Gasteiger partial charge < -0.3 is 9.84 Å². The lowest BCUT2D eigenvalue weighted by atomic mass is 9.74. The Hall–Kier alpha value is -2.50. The van der Waals surface area contributed by atoms with E-state index in [4.69, 9.17) is 14.7 Å². The highest BCUT2D eigenvalue weighted by Crippen LogP contribution is 2.35. The van der Waals surface area contributed by atoms with Gasteiger partial charge in [0.05, 0.1) is 29.5 Å².